The zero-order valence-electron chi connectivity index (χ0n) is 59.7. The van der Waals surface area contributed by atoms with Crippen LogP contribution in [0.2, 0.25) is 0 Å². The molecule has 0 aliphatic carbocycles. The summed E-state index contributed by atoms with van der Waals surface area (Å²) in [5.41, 5.74) is 33.9. The van der Waals surface area contributed by atoms with Gasteiger partial charge in [0.2, 0.25) is 0 Å². The number of anilines is 12. The zero-order valence-corrected chi connectivity index (χ0v) is 59.7. The van der Waals surface area contributed by atoms with Crippen molar-refractivity contribution in [2.75, 3.05) is 19.6 Å². The largest absolute Gasteiger partial charge is 0.309 e. The minimum atomic E-state index is 0.898. The fourth-order valence-electron chi connectivity index (χ4n) is 17.0. The molecule has 0 atom stereocenters. The van der Waals surface area contributed by atoms with Gasteiger partial charge < -0.3 is 19.6 Å². The zero-order chi connectivity index (χ0) is 69.4. The Balaban J connectivity index is 1.18. The van der Waals surface area contributed by atoms with E-state index in [0.29, 0.717) is 0 Å². The SMILES string of the molecule is Cc1cccc(C)c1N(c1c(C)cc2cncnc2c1C)c1cc(N(c2c(C)cccc2C)c2c(C)cc3cncnc3c2C)c2ccc3c(N(c4c(C)cccc4C)c4c(C)cc5cncnc5c4C)cc(N(c4c(C)cccc4C)c4c(C)cc5cncnc5c4C)c4ccc1c2c43. The summed E-state index contributed by atoms with van der Waals surface area (Å²) in [6.07, 6.45) is 14.5. The number of benzene rings is 12. The lowest BCUT2D eigenvalue weighted by Gasteiger charge is -2.38. The van der Waals surface area contributed by atoms with Crippen molar-refractivity contribution in [3.8, 4) is 0 Å². The molecule has 0 spiro atoms. The number of para-hydroxylation sites is 4. The van der Waals surface area contributed by atoms with E-state index in [-0.39, 0.29) is 0 Å². The van der Waals surface area contributed by atoms with Crippen LogP contribution in [0.5, 0.6) is 0 Å². The number of hydrogen-bond acceptors (Lipinski definition) is 12. The summed E-state index contributed by atoms with van der Waals surface area (Å²) in [6, 6.07) is 50.4. The normalized spacial score (nSPS) is 11.8. The summed E-state index contributed by atoms with van der Waals surface area (Å²) in [5.74, 6) is 0. The summed E-state index contributed by atoms with van der Waals surface area (Å²) >= 11 is 0. The number of rotatable bonds is 12. The molecular formula is C88H78N12. The summed E-state index contributed by atoms with van der Waals surface area (Å²) < 4.78 is 0. The van der Waals surface area contributed by atoms with Crippen LogP contribution in [0.1, 0.15) is 89.0 Å². The van der Waals surface area contributed by atoms with Crippen molar-refractivity contribution in [1.82, 2.24) is 39.9 Å². The number of aryl methyl sites for hydroxylation is 16. The highest BCUT2D eigenvalue weighted by molar-refractivity contribution is 6.33. The quantitative estimate of drug-likeness (QED) is 0.108. The van der Waals surface area contributed by atoms with Crippen LogP contribution in [-0.4, -0.2) is 39.9 Å². The van der Waals surface area contributed by atoms with Gasteiger partial charge in [-0.25, -0.2) is 39.9 Å². The van der Waals surface area contributed by atoms with Crippen LogP contribution in [0.15, 0.2) is 184 Å². The van der Waals surface area contributed by atoms with Crippen molar-refractivity contribution in [3.05, 3.63) is 273 Å². The molecular weight excluding hydrogens is 1230 g/mol. The molecule has 0 saturated carbocycles. The molecule has 0 fully saturated rings. The van der Waals surface area contributed by atoms with Crippen LogP contribution < -0.4 is 19.6 Å². The van der Waals surface area contributed by atoms with Crippen LogP contribution >= 0.6 is 0 Å². The number of nitrogens with zero attached hydrogens (tertiary/aromatic N) is 12. The Hall–Kier alpha value is -11.8. The summed E-state index contributed by atoms with van der Waals surface area (Å²) in [5, 5.41) is 10.5. The highest BCUT2D eigenvalue weighted by Gasteiger charge is 2.35. The van der Waals surface area contributed by atoms with E-state index in [0.717, 1.165) is 233 Å². The molecule has 0 bridgehead atoms. The van der Waals surface area contributed by atoms with E-state index >= 15 is 0 Å². The summed E-state index contributed by atoms with van der Waals surface area (Å²) in [7, 11) is 0. The van der Waals surface area contributed by atoms with Crippen molar-refractivity contribution in [3.63, 3.8) is 0 Å². The van der Waals surface area contributed by atoms with Crippen molar-refractivity contribution in [1.29, 1.82) is 0 Å². The molecule has 0 amide bonds. The van der Waals surface area contributed by atoms with Crippen molar-refractivity contribution in [2.24, 2.45) is 0 Å². The third-order valence-electron chi connectivity index (χ3n) is 21.1. The lowest BCUT2D eigenvalue weighted by Crippen LogP contribution is -2.20. The maximum Gasteiger partial charge on any atom is 0.116 e. The van der Waals surface area contributed by atoms with E-state index in [1.165, 1.54) is 0 Å². The Labute approximate surface area is 583 Å². The molecule has 0 saturated heterocycles. The number of fused-ring (bicyclic) bond motifs is 4. The Morgan fingerprint density at radius 2 is 0.420 bits per heavy atom. The molecule has 490 valence electrons. The fourth-order valence-corrected chi connectivity index (χ4v) is 17.0. The summed E-state index contributed by atoms with van der Waals surface area (Å²) in [6.45, 7) is 35.9. The molecule has 12 heteroatoms. The number of aromatic nitrogens is 8. The molecule has 0 N–H and O–H groups in total. The van der Waals surface area contributed by atoms with Crippen LogP contribution in [0.3, 0.4) is 0 Å². The Morgan fingerprint density at radius 1 is 0.220 bits per heavy atom. The van der Waals surface area contributed by atoms with E-state index in [4.69, 9.17) is 19.9 Å². The predicted molar refractivity (Wildman–Crippen MR) is 417 cm³/mol. The first-order valence-electron chi connectivity index (χ1n) is 34.3. The van der Waals surface area contributed by atoms with Gasteiger partial charge in [0.05, 0.1) is 90.3 Å². The van der Waals surface area contributed by atoms with E-state index in [1.54, 1.807) is 25.3 Å². The second-order valence-electron chi connectivity index (χ2n) is 27.7. The highest BCUT2D eigenvalue weighted by Crippen LogP contribution is 2.59. The predicted octanol–water partition coefficient (Wildman–Crippen LogP) is 23.2. The van der Waals surface area contributed by atoms with Gasteiger partial charge in [0, 0.05) is 78.6 Å². The molecule has 4 heterocycles. The topological polar surface area (TPSA) is 116 Å². The molecule has 12 nitrogen and oxygen atoms in total. The summed E-state index contributed by atoms with van der Waals surface area (Å²) in [4.78, 5) is 48.8. The third kappa shape index (κ3) is 9.69. The van der Waals surface area contributed by atoms with Gasteiger partial charge in [-0.3, -0.25) is 0 Å². The van der Waals surface area contributed by atoms with Crippen LogP contribution in [0.4, 0.5) is 68.2 Å². The first-order valence-corrected chi connectivity index (χ1v) is 34.3. The molecule has 0 unspecified atom stereocenters. The van der Waals surface area contributed by atoms with Gasteiger partial charge in [-0.15, -0.1) is 0 Å². The van der Waals surface area contributed by atoms with Crippen LogP contribution in [0, 0.1) is 111 Å². The second kappa shape index (κ2) is 24.1. The third-order valence-corrected chi connectivity index (χ3v) is 21.1. The molecule has 0 aliphatic heterocycles. The maximum absolute atomic E-state index is 5.07. The van der Waals surface area contributed by atoms with E-state index < -0.39 is 0 Å². The molecule has 12 aromatic carbocycles. The minimum absolute atomic E-state index is 0.898. The number of hydrogen-bond donors (Lipinski definition) is 0. The van der Waals surface area contributed by atoms with Crippen molar-refractivity contribution < 1.29 is 0 Å². The van der Waals surface area contributed by atoms with Crippen LogP contribution in [0.25, 0.3) is 75.9 Å². The smallest absolute Gasteiger partial charge is 0.116 e. The highest BCUT2D eigenvalue weighted by atomic mass is 15.2. The molecule has 16 rings (SSSR count). The molecule has 16 aromatic rings. The van der Waals surface area contributed by atoms with Gasteiger partial charge >= 0.3 is 0 Å². The first kappa shape index (κ1) is 63.0. The Morgan fingerprint density at radius 3 is 0.620 bits per heavy atom. The fraction of sp³-hybridized carbons (Fsp3) is 0.182. The molecule has 100 heavy (non-hydrogen) atoms. The second-order valence-corrected chi connectivity index (χ2v) is 27.7. The molecule has 4 aromatic heterocycles. The average molecular weight is 1300 g/mol. The molecule has 0 radical (unpaired) electrons. The lowest BCUT2D eigenvalue weighted by atomic mass is 9.87. The van der Waals surface area contributed by atoms with Gasteiger partial charge in [-0.1, -0.05) is 97.1 Å². The van der Waals surface area contributed by atoms with Gasteiger partial charge in [0.25, 0.3) is 0 Å². The van der Waals surface area contributed by atoms with Crippen LogP contribution in [-0.2, 0) is 0 Å². The standard InChI is InChI=1S/C88H78N12/c1-47-21-17-22-48(2)81(47)97(85-55(9)33-63-39-89-43-93-77(63)59(85)13)71-37-72(98(82-49(3)23-18-24-50(82)4)86-56(10)34-64-40-90-44-94-78(64)60(86)14)68-31-32-70-74(100(84-53(7)27-20-28-54(84)8)88-58(12)36-66-42-92-46-96-80(66)62(88)16)38-73(69-30-29-67(71)75(68)76(69)70)99(83-51(5)25-19-26-52(83)6)87-57(11)35-65-41-91-45-95-79(65)61(87)15/h17-46H,1-16H3. The van der Waals surface area contributed by atoms with Crippen molar-refractivity contribution >= 4 is 144 Å². The Bertz CT molecular complexity index is 5300. The molecule has 0 aliphatic rings. The Kier molecular flexibility index (Phi) is 15.2. The average Bonchev–Trinajstić information content (AvgIpc) is 0.693. The monoisotopic (exact) mass is 1300 g/mol. The van der Waals surface area contributed by atoms with E-state index in [1.807, 2.05) is 24.8 Å². The first-order chi connectivity index (χ1) is 48.3. The maximum atomic E-state index is 5.07. The minimum Gasteiger partial charge on any atom is -0.309 e. The van der Waals surface area contributed by atoms with Gasteiger partial charge in [-0.2, -0.15) is 0 Å². The van der Waals surface area contributed by atoms with Gasteiger partial charge in [0.1, 0.15) is 25.3 Å². The van der Waals surface area contributed by atoms with Gasteiger partial charge in [-0.05, 0) is 236 Å². The lowest BCUT2D eigenvalue weighted by molar-refractivity contribution is 1.16. The van der Waals surface area contributed by atoms with E-state index in [2.05, 4.69) is 284 Å². The van der Waals surface area contributed by atoms with Crippen molar-refractivity contribution in [2.45, 2.75) is 111 Å². The van der Waals surface area contributed by atoms with Gasteiger partial charge in [0.15, 0.2) is 0 Å². The van der Waals surface area contributed by atoms with E-state index in [9.17, 15) is 0 Å².